The molecule has 24 heavy (non-hydrogen) atoms. The summed E-state index contributed by atoms with van der Waals surface area (Å²) in [4.78, 5) is 21.2. The molecule has 0 spiro atoms. The van der Waals surface area contributed by atoms with Crippen molar-refractivity contribution in [3.05, 3.63) is 53.3 Å². The van der Waals surface area contributed by atoms with Crippen molar-refractivity contribution in [2.24, 2.45) is 0 Å². The first-order valence-electron chi connectivity index (χ1n) is 8.17. The number of likely N-dealkylation sites (N-methyl/N-ethyl adjacent to an activating group) is 1. The molecule has 0 aliphatic carbocycles. The molecule has 0 radical (unpaired) electrons. The van der Waals surface area contributed by atoms with Gasteiger partial charge in [0, 0.05) is 32.4 Å². The molecule has 0 saturated carbocycles. The van der Waals surface area contributed by atoms with Crippen molar-refractivity contribution in [2.75, 3.05) is 42.9 Å². The van der Waals surface area contributed by atoms with Crippen LogP contribution >= 0.6 is 11.6 Å². The Balaban J connectivity index is 1.82. The smallest absolute Gasteiger partial charge is 0.274 e. The van der Waals surface area contributed by atoms with Crippen molar-refractivity contribution in [2.45, 2.75) is 6.92 Å². The molecule has 1 aromatic heterocycles. The monoisotopic (exact) mass is 344 g/mol. The molecule has 126 valence electrons. The van der Waals surface area contributed by atoms with Gasteiger partial charge in [-0.25, -0.2) is 0 Å². The number of hydrogen-bond donors (Lipinski definition) is 1. The zero-order chi connectivity index (χ0) is 16.9. The average molecular weight is 345 g/mol. The summed E-state index contributed by atoms with van der Waals surface area (Å²) >= 11 is 6.44. The number of nitrogens with one attached hydrogen (secondary N) is 1. The highest BCUT2D eigenvalue weighted by Crippen LogP contribution is 2.34. The fraction of sp³-hybridized carbons (Fsp3) is 0.333. The van der Waals surface area contributed by atoms with Crippen molar-refractivity contribution in [3.8, 4) is 0 Å². The van der Waals surface area contributed by atoms with E-state index in [1.54, 1.807) is 24.4 Å². The van der Waals surface area contributed by atoms with Crippen molar-refractivity contribution < 1.29 is 4.79 Å². The van der Waals surface area contributed by atoms with Gasteiger partial charge >= 0.3 is 0 Å². The fourth-order valence-electron chi connectivity index (χ4n) is 2.91. The van der Waals surface area contributed by atoms with Crippen LogP contribution in [-0.2, 0) is 0 Å². The van der Waals surface area contributed by atoms with Gasteiger partial charge in [-0.2, -0.15) is 0 Å². The lowest BCUT2D eigenvalue weighted by Crippen LogP contribution is -2.46. The number of carbonyl (C=O) groups excluding carboxylic acids is 1. The lowest BCUT2D eigenvalue weighted by molar-refractivity contribution is 0.102. The molecule has 3 rings (SSSR count). The lowest BCUT2D eigenvalue weighted by Gasteiger charge is -2.36. The van der Waals surface area contributed by atoms with Crippen LogP contribution in [0, 0.1) is 0 Å². The normalized spacial score (nSPS) is 15.3. The molecular weight excluding hydrogens is 324 g/mol. The van der Waals surface area contributed by atoms with Crippen molar-refractivity contribution in [3.63, 3.8) is 0 Å². The molecule has 1 aliphatic rings. The second kappa shape index (κ2) is 7.64. The Labute approximate surface area is 147 Å². The Hall–Kier alpha value is -2.11. The van der Waals surface area contributed by atoms with Crippen LogP contribution in [0.15, 0.2) is 42.6 Å². The Morgan fingerprint density at radius 3 is 2.62 bits per heavy atom. The number of amides is 1. The van der Waals surface area contributed by atoms with E-state index in [-0.39, 0.29) is 5.91 Å². The molecule has 6 heteroatoms. The summed E-state index contributed by atoms with van der Waals surface area (Å²) in [5, 5.41) is 3.60. The van der Waals surface area contributed by atoms with E-state index in [0.29, 0.717) is 10.7 Å². The number of piperazine rings is 1. The number of nitrogens with zero attached hydrogens (tertiary/aromatic N) is 3. The third kappa shape index (κ3) is 3.68. The van der Waals surface area contributed by atoms with E-state index in [1.807, 2.05) is 18.2 Å². The van der Waals surface area contributed by atoms with Crippen LogP contribution in [0.4, 0.5) is 11.4 Å². The van der Waals surface area contributed by atoms with Gasteiger partial charge in [0.2, 0.25) is 0 Å². The zero-order valence-corrected chi connectivity index (χ0v) is 14.5. The van der Waals surface area contributed by atoms with E-state index in [2.05, 4.69) is 27.0 Å². The molecule has 1 fully saturated rings. The van der Waals surface area contributed by atoms with E-state index < -0.39 is 0 Å². The molecule has 1 N–H and O–H groups in total. The second-order valence-corrected chi connectivity index (χ2v) is 6.13. The molecule has 1 aliphatic heterocycles. The molecule has 0 atom stereocenters. The van der Waals surface area contributed by atoms with E-state index in [1.165, 1.54) is 0 Å². The molecule has 1 aromatic carbocycles. The number of rotatable bonds is 4. The third-order valence-corrected chi connectivity index (χ3v) is 4.57. The number of aromatic nitrogens is 1. The highest BCUT2D eigenvalue weighted by atomic mass is 35.5. The Kier molecular flexibility index (Phi) is 5.33. The summed E-state index contributed by atoms with van der Waals surface area (Å²) in [7, 11) is 0. The predicted octanol–water partition coefficient (Wildman–Crippen LogP) is 3.13. The first kappa shape index (κ1) is 16.7. The molecule has 0 bridgehead atoms. The minimum Gasteiger partial charge on any atom is -0.366 e. The predicted molar refractivity (Wildman–Crippen MR) is 98.0 cm³/mol. The lowest BCUT2D eigenvalue weighted by atomic mass is 10.2. The van der Waals surface area contributed by atoms with Gasteiger partial charge in [0.1, 0.15) is 5.69 Å². The highest BCUT2D eigenvalue weighted by molar-refractivity contribution is 6.34. The van der Waals surface area contributed by atoms with E-state index in [9.17, 15) is 4.79 Å². The number of benzene rings is 1. The highest BCUT2D eigenvalue weighted by Gasteiger charge is 2.21. The molecular formula is C18H21ClN4O. The zero-order valence-electron chi connectivity index (χ0n) is 13.7. The van der Waals surface area contributed by atoms with Gasteiger partial charge in [-0.15, -0.1) is 0 Å². The van der Waals surface area contributed by atoms with Crippen molar-refractivity contribution in [1.82, 2.24) is 9.88 Å². The maximum absolute atomic E-state index is 12.4. The fourth-order valence-corrected chi connectivity index (χ4v) is 3.20. The Bertz CT molecular complexity index is 699. The molecule has 1 saturated heterocycles. The number of hydrogen-bond acceptors (Lipinski definition) is 4. The van der Waals surface area contributed by atoms with Gasteiger partial charge in [0.15, 0.2) is 0 Å². The molecule has 5 nitrogen and oxygen atoms in total. The summed E-state index contributed by atoms with van der Waals surface area (Å²) in [6.07, 6.45) is 1.61. The average Bonchev–Trinajstić information content (AvgIpc) is 2.63. The SMILES string of the molecule is CCN1CCN(c2c(Cl)cccc2NC(=O)c2ccccn2)CC1. The minimum atomic E-state index is -0.230. The van der Waals surface area contributed by atoms with Crippen LogP contribution in [-0.4, -0.2) is 48.5 Å². The molecule has 1 amide bonds. The maximum Gasteiger partial charge on any atom is 0.274 e. The summed E-state index contributed by atoms with van der Waals surface area (Å²) in [6, 6.07) is 10.9. The Morgan fingerprint density at radius 2 is 1.96 bits per heavy atom. The summed E-state index contributed by atoms with van der Waals surface area (Å²) < 4.78 is 0. The van der Waals surface area contributed by atoms with Crippen LogP contribution in [0.2, 0.25) is 5.02 Å². The maximum atomic E-state index is 12.4. The largest absolute Gasteiger partial charge is 0.366 e. The number of pyridine rings is 1. The summed E-state index contributed by atoms with van der Waals surface area (Å²) in [6.45, 7) is 7.00. The Morgan fingerprint density at radius 1 is 1.17 bits per heavy atom. The standard InChI is InChI=1S/C18H21ClN4O/c1-2-22-10-12-23(13-11-22)17-14(19)6-5-8-15(17)21-18(24)16-7-3-4-9-20-16/h3-9H,2,10-13H2,1H3,(H,21,24). The minimum absolute atomic E-state index is 0.230. The van der Waals surface area contributed by atoms with Gasteiger partial charge < -0.3 is 15.1 Å². The molecule has 0 unspecified atom stereocenters. The number of para-hydroxylation sites is 1. The van der Waals surface area contributed by atoms with Crippen LogP contribution in [0.5, 0.6) is 0 Å². The van der Waals surface area contributed by atoms with E-state index in [0.717, 1.165) is 44.1 Å². The number of carbonyl (C=O) groups is 1. The number of anilines is 2. The van der Waals surface area contributed by atoms with Crippen molar-refractivity contribution >= 4 is 28.9 Å². The summed E-state index contributed by atoms with van der Waals surface area (Å²) in [5.41, 5.74) is 2.00. The summed E-state index contributed by atoms with van der Waals surface area (Å²) in [5.74, 6) is -0.230. The first-order chi connectivity index (χ1) is 11.7. The van der Waals surface area contributed by atoms with Gasteiger partial charge in [0.25, 0.3) is 5.91 Å². The topological polar surface area (TPSA) is 48.5 Å². The molecule has 2 aromatic rings. The van der Waals surface area contributed by atoms with Gasteiger partial charge in [-0.1, -0.05) is 30.7 Å². The third-order valence-electron chi connectivity index (χ3n) is 4.27. The van der Waals surface area contributed by atoms with E-state index >= 15 is 0 Å². The number of halogens is 1. The quantitative estimate of drug-likeness (QED) is 0.925. The van der Waals surface area contributed by atoms with Crippen molar-refractivity contribution in [1.29, 1.82) is 0 Å². The van der Waals surface area contributed by atoms with Crippen LogP contribution < -0.4 is 10.2 Å². The van der Waals surface area contributed by atoms with E-state index in [4.69, 9.17) is 11.6 Å². The second-order valence-electron chi connectivity index (χ2n) is 5.73. The van der Waals surface area contributed by atoms with Crippen LogP contribution in [0.1, 0.15) is 17.4 Å². The first-order valence-corrected chi connectivity index (χ1v) is 8.55. The van der Waals surface area contributed by atoms with Crippen LogP contribution in [0.3, 0.4) is 0 Å². The molecule has 2 heterocycles. The van der Waals surface area contributed by atoms with Gasteiger partial charge in [0.05, 0.1) is 16.4 Å². The van der Waals surface area contributed by atoms with Crippen LogP contribution in [0.25, 0.3) is 0 Å². The van der Waals surface area contributed by atoms with Gasteiger partial charge in [-0.05, 0) is 30.8 Å². The van der Waals surface area contributed by atoms with Gasteiger partial charge in [-0.3, -0.25) is 9.78 Å².